The van der Waals surface area contributed by atoms with Gasteiger partial charge in [0.2, 0.25) is 0 Å². The maximum absolute atomic E-state index is 10.2. The Morgan fingerprint density at radius 2 is 2.18 bits per heavy atom. The van der Waals surface area contributed by atoms with Crippen LogP contribution in [-0.2, 0) is 0 Å². The lowest BCUT2D eigenvalue weighted by Gasteiger charge is -1.95. The van der Waals surface area contributed by atoms with Gasteiger partial charge in [-0.2, -0.15) is 0 Å². The zero-order chi connectivity index (χ0) is 8.43. The van der Waals surface area contributed by atoms with Gasteiger partial charge >= 0.3 is 0 Å². The average molecular weight is 215 g/mol. The van der Waals surface area contributed by atoms with Gasteiger partial charge in [-0.1, -0.05) is 22.0 Å². The fourth-order valence-corrected chi connectivity index (χ4v) is 1.02. The van der Waals surface area contributed by atoms with Gasteiger partial charge in [0.15, 0.2) is 0 Å². The van der Waals surface area contributed by atoms with Crippen molar-refractivity contribution in [2.75, 3.05) is 0 Å². The minimum atomic E-state index is -0.440. The van der Waals surface area contributed by atoms with Gasteiger partial charge in [-0.3, -0.25) is 10.1 Å². The molecule has 11 heavy (non-hydrogen) atoms. The first-order chi connectivity index (χ1) is 5.11. The van der Waals surface area contributed by atoms with E-state index in [1.165, 1.54) is 12.1 Å². The van der Waals surface area contributed by atoms with E-state index in [4.69, 9.17) is 0 Å². The molecule has 0 fully saturated rings. The number of nitro benzene ring substituents is 1. The van der Waals surface area contributed by atoms with E-state index in [9.17, 15) is 10.1 Å². The molecule has 0 saturated carbocycles. The van der Waals surface area contributed by atoms with E-state index in [1.54, 1.807) is 6.07 Å². The second-order valence-electron chi connectivity index (χ2n) is 2.03. The van der Waals surface area contributed by atoms with Crippen LogP contribution in [0.5, 0.6) is 0 Å². The summed E-state index contributed by atoms with van der Waals surface area (Å²) in [5.41, 5.74) is 0.819. The van der Waals surface area contributed by atoms with Crippen LogP contribution in [0.3, 0.4) is 0 Å². The Bertz CT molecular complexity index is 298. The number of nitro groups is 1. The lowest BCUT2D eigenvalue weighted by atomic mass is 10.2. The van der Waals surface area contributed by atoms with Crippen LogP contribution in [0.4, 0.5) is 5.69 Å². The van der Waals surface area contributed by atoms with Crippen molar-refractivity contribution in [1.29, 1.82) is 0 Å². The molecule has 0 atom stereocenters. The van der Waals surface area contributed by atoms with E-state index in [1.807, 2.05) is 0 Å². The third-order valence-corrected chi connectivity index (χ3v) is 1.99. The molecule has 0 spiro atoms. The highest BCUT2D eigenvalue weighted by molar-refractivity contribution is 9.10. The fraction of sp³-hybridized carbons (Fsp3) is 0. The molecule has 1 aromatic rings. The van der Waals surface area contributed by atoms with Gasteiger partial charge in [0.1, 0.15) is 0 Å². The van der Waals surface area contributed by atoms with Gasteiger partial charge < -0.3 is 0 Å². The zero-order valence-corrected chi connectivity index (χ0v) is 7.17. The summed E-state index contributed by atoms with van der Waals surface area (Å²) in [5, 5.41) is 10.2. The van der Waals surface area contributed by atoms with Crippen molar-refractivity contribution in [1.82, 2.24) is 0 Å². The highest BCUT2D eigenvalue weighted by atomic mass is 79.9. The number of nitrogens with zero attached hydrogens (tertiary/aromatic N) is 1. The van der Waals surface area contributed by atoms with Gasteiger partial charge in [-0.15, -0.1) is 0 Å². The molecule has 3 nitrogen and oxygen atoms in total. The van der Waals surface area contributed by atoms with Crippen molar-refractivity contribution in [3.63, 3.8) is 0 Å². The molecule has 0 aliphatic rings. The maximum atomic E-state index is 10.2. The standard InChI is InChI=1S/C7H5BrNO2/c1-5-2-3-6(9(10)11)4-7(5)8/h2-4H,1H2. The average Bonchev–Trinajstić information content (AvgIpc) is 1.94. The highest BCUT2D eigenvalue weighted by Crippen LogP contribution is 2.21. The predicted octanol–water partition coefficient (Wildman–Crippen LogP) is 2.54. The largest absolute Gasteiger partial charge is 0.270 e. The van der Waals surface area contributed by atoms with Crippen LogP contribution in [0.25, 0.3) is 0 Å². The van der Waals surface area contributed by atoms with E-state index in [2.05, 4.69) is 22.9 Å². The van der Waals surface area contributed by atoms with Crippen molar-refractivity contribution in [2.24, 2.45) is 0 Å². The minimum absolute atomic E-state index is 0.0734. The van der Waals surface area contributed by atoms with E-state index in [0.717, 1.165) is 5.56 Å². The third kappa shape index (κ3) is 1.77. The molecule has 0 N–H and O–H groups in total. The molecular weight excluding hydrogens is 210 g/mol. The summed E-state index contributed by atoms with van der Waals surface area (Å²) >= 11 is 3.15. The summed E-state index contributed by atoms with van der Waals surface area (Å²) in [6.07, 6.45) is 0. The smallest absolute Gasteiger partial charge is 0.258 e. The van der Waals surface area contributed by atoms with Gasteiger partial charge in [-0.25, -0.2) is 0 Å². The second kappa shape index (κ2) is 3.00. The Labute approximate surface area is 72.3 Å². The minimum Gasteiger partial charge on any atom is -0.258 e. The fourth-order valence-electron chi connectivity index (χ4n) is 0.650. The quantitative estimate of drug-likeness (QED) is 0.533. The summed E-state index contributed by atoms with van der Waals surface area (Å²) in [4.78, 5) is 9.79. The van der Waals surface area contributed by atoms with Crippen molar-refractivity contribution >= 4 is 21.6 Å². The van der Waals surface area contributed by atoms with E-state index < -0.39 is 4.92 Å². The first-order valence-electron chi connectivity index (χ1n) is 2.87. The van der Waals surface area contributed by atoms with Gasteiger partial charge in [0.25, 0.3) is 5.69 Å². The molecule has 4 heteroatoms. The molecule has 0 aliphatic carbocycles. The zero-order valence-electron chi connectivity index (χ0n) is 5.58. The Hall–Kier alpha value is -0.900. The van der Waals surface area contributed by atoms with Crippen molar-refractivity contribution in [2.45, 2.75) is 0 Å². The highest BCUT2D eigenvalue weighted by Gasteiger charge is 2.05. The maximum Gasteiger partial charge on any atom is 0.270 e. The summed E-state index contributed by atoms with van der Waals surface area (Å²) < 4.78 is 0.659. The Kier molecular flexibility index (Phi) is 2.24. The lowest BCUT2D eigenvalue weighted by molar-refractivity contribution is -0.384. The molecule has 1 radical (unpaired) electrons. The van der Waals surface area contributed by atoms with E-state index in [-0.39, 0.29) is 5.69 Å². The van der Waals surface area contributed by atoms with Crippen LogP contribution in [0.2, 0.25) is 0 Å². The van der Waals surface area contributed by atoms with Gasteiger partial charge in [-0.05, 0) is 12.5 Å². The first-order valence-corrected chi connectivity index (χ1v) is 3.66. The lowest BCUT2D eigenvalue weighted by Crippen LogP contribution is -1.87. The third-order valence-electron chi connectivity index (χ3n) is 1.25. The van der Waals surface area contributed by atoms with Crippen molar-refractivity contribution < 1.29 is 4.92 Å². The molecule has 0 bridgehead atoms. The molecule has 1 aromatic carbocycles. The SMILES string of the molecule is [CH2]c1ccc([N+](=O)[O-])cc1Br. The van der Waals surface area contributed by atoms with Crippen molar-refractivity contribution in [3.8, 4) is 0 Å². The summed E-state index contributed by atoms with van der Waals surface area (Å²) in [6.45, 7) is 3.65. The molecule has 0 unspecified atom stereocenters. The van der Waals surface area contributed by atoms with Crippen LogP contribution >= 0.6 is 15.9 Å². The van der Waals surface area contributed by atoms with E-state index in [0.29, 0.717) is 4.47 Å². The van der Waals surface area contributed by atoms with Crippen LogP contribution in [0.15, 0.2) is 22.7 Å². The topological polar surface area (TPSA) is 43.1 Å². The molecule has 1 rings (SSSR count). The summed E-state index contributed by atoms with van der Waals surface area (Å²) in [6, 6.07) is 4.46. The number of non-ortho nitro benzene ring substituents is 1. The molecule has 0 aliphatic heterocycles. The van der Waals surface area contributed by atoms with Crippen LogP contribution in [-0.4, -0.2) is 4.92 Å². The first kappa shape index (κ1) is 8.20. The predicted molar refractivity (Wildman–Crippen MR) is 45.3 cm³/mol. The second-order valence-corrected chi connectivity index (χ2v) is 2.89. The molecule has 0 saturated heterocycles. The molecule has 0 amide bonds. The Balaban J connectivity index is 3.15. The number of halogens is 1. The molecule has 57 valence electrons. The van der Waals surface area contributed by atoms with Crippen LogP contribution in [0, 0.1) is 17.0 Å². The number of rotatable bonds is 1. The normalized spacial score (nSPS) is 9.64. The van der Waals surface area contributed by atoms with E-state index >= 15 is 0 Å². The number of hydrogen-bond donors (Lipinski definition) is 0. The monoisotopic (exact) mass is 214 g/mol. The summed E-state index contributed by atoms with van der Waals surface area (Å²) in [5.74, 6) is 0. The Morgan fingerprint density at radius 3 is 2.64 bits per heavy atom. The van der Waals surface area contributed by atoms with Gasteiger partial charge in [0, 0.05) is 16.6 Å². The summed E-state index contributed by atoms with van der Waals surface area (Å²) in [7, 11) is 0. The molecule has 0 heterocycles. The molecule has 0 aromatic heterocycles. The van der Waals surface area contributed by atoms with Crippen LogP contribution in [0.1, 0.15) is 5.56 Å². The molecular formula is C7H5BrNO2. The Morgan fingerprint density at radius 1 is 1.55 bits per heavy atom. The van der Waals surface area contributed by atoms with Gasteiger partial charge in [0.05, 0.1) is 4.92 Å². The number of hydrogen-bond acceptors (Lipinski definition) is 2. The van der Waals surface area contributed by atoms with Crippen molar-refractivity contribution in [3.05, 3.63) is 45.3 Å². The number of benzene rings is 1. The van der Waals surface area contributed by atoms with Crippen LogP contribution < -0.4 is 0 Å².